The van der Waals surface area contributed by atoms with E-state index < -0.39 is 11.7 Å². The molecule has 0 spiro atoms. The number of carbonyl (C=O) groups is 1. The SMILES string of the molecule is O=C(CN1CCCCCC1)Nc1ccc(NCc2ccc(C(F)(F)F)cc2)cc1. The van der Waals surface area contributed by atoms with Crippen LogP contribution in [-0.2, 0) is 17.5 Å². The van der Waals surface area contributed by atoms with Gasteiger partial charge in [0, 0.05) is 17.9 Å². The topological polar surface area (TPSA) is 44.4 Å². The van der Waals surface area contributed by atoms with Gasteiger partial charge in [-0.05, 0) is 67.9 Å². The van der Waals surface area contributed by atoms with Crippen LogP contribution in [0.4, 0.5) is 24.5 Å². The number of hydrogen-bond donors (Lipinski definition) is 2. The van der Waals surface area contributed by atoms with Gasteiger partial charge in [0.15, 0.2) is 0 Å². The van der Waals surface area contributed by atoms with Crippen LogP contribution in [0.3, 0.4) is 0 Å². The number of alkyl halides is 3. The third-order valence-corrected chi connectivity index (χ3v) is 5.01. The molecule has 7 heteroatoms. The zero-order valence-electron chi connectivity index (χ0n) is 16.3. The Labute approximate surface area is 169 Å². The molecule has 0 unspecified atom stereocenters. The van der Waals surface area contributed by atoms with Crippen LogP contribution in [-0.4, -0.2) is 30.4 Å². The third-order valence-electron chi connectivity index (χ3n) is 5.01. The third kappa shape index (κ3) is 6.78. The summed E-state index contributed by atoms with van der Waals surface area (Å²) in [5.74, 6) is -0.0163. The summed E-state index contributed by atoms with van der Waals surface area (Å²) in [7, 11) is 0. The summed E-state index contributed by atoms with van der Waals surface area (Å²) in [6.07, 6.45) is 0.441. The van der Waals surface area contributed by atoms with Gasteiger partial charge in [0.25, 0.3) is 0 Å². The molecule has 1 fully saturated rings. The van der Waals surface area contributed by atoms with Gasteiger partial charge >= 0.3 is 6.18 Å². The van der Waals surface area contributed by atoms with Crippen LogP contribution in [0.5, 0.6) is 0 Å². The molecule has 0 radical (unpaired) electrons. The molecule has 2 aromatic carbocycles. The molecule has 2 N–H and O–H groups in total. The molecule has 156 valence electrons. The normalized spacial score (nSPS) is 15.6. The fourth-order valence-electron chi connectivity index (χ4n) is 3.39. The Morgan fingerprint density at radius 2 is 1.45 bits per heavy atom. The summed E-state index contributed by atoms with van der Waals surface area (Å²) in [6.45, 7) is 2.77. The fourth-order valence-corrected chi connectivity index (χ4v) is 3.39. The summed E-state index contributed by atoms with van der Waals surface area (Å²) in [4.78, 5) is 14.4. The van der Waals surface area contributed by atoms with E-state index in [4.69, 9.17) is 0 Å². The monoisotopic (exact) mass is 405 g/mol. The van der Waals surface area contributed by atoms with Gasteiger partial charge in [0.05, 0.1) is 12.1 Å². The summed E-state index contributed by atoms with van der Waals surface area (Å²) in [5.41, 5.74) is 1.66. The van der Waals surface area contributed by atoms with Crippen LogP contribution >= 0.6 is 0 Å². The van der Waals surface area contributed by atoms with Crippen molar-refractivity contribution in [2.24, 2.45) is 0 Å². The minimum atomic E-state index is -4.32. The first kappa shape index (κ1) is 21.2. The van der Waals surface area contributed by atoms with E-state index in [0.717, 1.165) is 55.0 Å². The molecule has 0 aliphatic carbocycles. The molecule has 0 bridgehead atoms. The number of nitrogens with zero attached hydrogens (tertiary/aromatic N) is 1. The van der Waals surface area contributed by atoms with E-state index in [0.29, 0.717) is 13.1 Å². The predicted molar refractivity (Wildman–Crippen MR) is 109 cm³/mol. The quantitative estimate of drug-likeness (QED) is 0.700. The highest BCUT2D eigenvalue weighted by Gasteiger charge is 2.29. The van der Waals surface area contributed by atoms with Crippen molar-refractivity contribution < 1.29 is 18.0 Å². The van der Waals surface area contributed by atoms with Gasteiger partial charge in [-0.1, -0.05) is 25.0 Å². The van der Waals surface area contributed by atoms with Crippen molar-refractivity contribution in [2.75, 3.05) is 30.3 Å². The lowest BCUT2D eigenvalue weighted by Crippen LogP contribution is -2.33. The van der Waals surface area contributed by atoms with Crippen molar-refractivity contribution in [1.82, 2.24) is 4.90 Å². The molecule has 1 amide bonds. The van der Waals surface area contributed by atoms with Gasteiger partial charge in [-0.3, -0.25) is 9.69 Å². The number of halogens is 3. The smallest absolute Gasteiger partial charge is 0.381 e. The number of benzene rings is 2. The van der Waals surface area contributed by atoms with Gasteiger partial charge in [-0.15, -0.1) is 0 Å². The number of likely N-dealkylation sites (tertiary alicyclic amines) is 1. The fraction of sp³-hybridized carbons (Fsp3) is 0.409. The molecule has 3 rings (SSSR count). The number of amides is 1. The van der Waals surface area contributed by atoms with E-state index in [9.17, 15) is 18.0 Å². The number of rotatable bonds is 6. The maximum absolute atomic E-state index is 12.6. The Bertz CT molecular complexity index is 780. The largest absolute Gasteiger partial charge is 0.416 e. The lowest BCUT2D eigenvalue weighted by atomic mass is 10.1. The number of carbonyl (C=O) groups excluding carboxylic acids is 1. The lowest BCUT2D eigenvalue weighted by Gasteiger charge is -2.19. The highest BCUT2D eigenvalue weighted by molar-refractivity contribution is 5.92. The second kappa shape index (κ2) is 9.78. The Morgan fingerprint density at radius 3 is 2.03 bits per heavy atom. The second-order valence-electron chi connectivity index (χ2n) is 7.36. The molecule has 4 nitrogen and oxygen atoms in total. The molecule has 0 aromatic heterocycles. The Kier molecular flexibility index (Phi) is 7.14. The van der Waals surface area contributed by atoms with Crippen molar-refractivity contribution >= 4 is 17.3 Å². The maximum atomic E-state index is 12.6. The highest BCUT2D eigenvalue weighted by atomic mass is 19.4. The molecule has 1 aliphatic heterocycles. The van der Waals surface area contributed by atoms with E-state index in [-0.39, 0.29) is 5.91 Å². The van der Waals surface area contributed by atoms with Gasteiger partial charge in [0.1, 0.15) is 0 Å². The molecule has 2 aromatic rings. The average Bonchev–Trinajstić information content (AvgIpc) is 2.95. The van der Waals surface area contributed by atoms with Crippen molar-refractivity contribution in [2.45, 2.75) is 38.4 Å². The lowest BCUT2D eigenvalue weighted by molar-refractivity contribution is -0.137. The van der Waals surface area contributed by atoms with Gasteiger partial charge < -0.3 is 10.6 Å². The maximum Gasteiger partial charge on any atom is 0.416 e. The van der Waals surface area contributed by atoms with E-state index >= 15 is 0 Å². The summed E-state index contributed by atoms with van der Waals surface area (Å²) < 4.78 is 37.8. The highest BCUT2D eigenvalue weighted by Crippen LogP contribution is 2.29. The van der Waals surface area contributed by atoms with Crippen LogP contribution in [0.2, 0.25) is 0 Å². The van der Waals surface area contributed by atoms with Crippen LogP contribution in [0.15, 0.2) is 48.5 Å². The standard InChI is InChI=1S/C22H26F3N3O/c23-22(24,25)18-7-5-17(6-8-18)15-26-19-9-11-20(12-10-19)27-21(29)16-28-13-3-1-2-4-14-28/h5-12,26H,1-4,13-16H2,(H,27,29). The Morgan fingerprint density at radius 1 is 0.862 bits per heavy atom. The molecule has 29 heavy (non-hydrogen) atoms. The number of anilines is 2. The first-order valence-corrected chi connectivity index (χ1v) is 9.92. The van der Waals surface area contributed by atoms with Crippen LogP contribution in [0.1, 0.15) is 36.8 Å². The van der Waals surface area contributed by atoms with Crippen LogP contribution in [0, 0.1) is 0 Å². The molecular weight excluding hydrogens is 379 g/mol. The molecule has 0 saturated carbocycles. The van der Waals surface area contributed by atoms with E-state index in [1.165, 1.54) is 25.0 Å². The van der Waals surface area contributed by atoms with Gasteiger partial charge in [0.2, 0.25) is 5.91 Å². The Balaban J connectivity index is 1.46. The first-order valence-electron chi connectivity index (χ1n) is 9.92. The van der Waals surface area contributed by atoms with E-state index in [1.807, 2.05) is 24.3 Å². The van der Waals surface area contributed by atoms with E-state index in [2.05, 4.69) is 15.5 Å². The van der Waals surface area contributed by atoms with Crippen LogP contribution < -0.4 is 10.6 Å². The average molecular weight is 405 g/mol. The van der Waals surface area contributed by atoms with Gasteiger partial charge in [-0.25, -0.2) is 0 Å². The second-order valence-corrected chi connectivity index (χ2v) is 7.36. The number of nitrogens with one attached hydrogen (secondary N) is 2. The Hall–Kier alpha value is -2.54. The number of hydrogen-bond acceptors (Lipinski definition) is 3. The molecule has 1 heterocycles. The van der Waals surface area contributed by atoms with Crippen molar-refractivity contribution in [3.05, 3.63) is 59.7 Å². The van der Waals surface area contributed by atoms with Crippen molar-refractivity contribution in [3.8, 4) is 0 Å². The minimum absolute atomic E-state index is 0.0163. The molecule has 1 aliphatic rings. The van der Waals surface area contributed by atoms with E-state index in [1.54, 1.807) is 0 Å². The minimum Gasteiger partial charge on any atom is -0.381 e. The molecule has 1 saturated heterocycles. The first-order chi connectivity index (χ1) is 13.9. The van der Waals surface area contributed by atoms with Crippen molar-refractivity contribution in [1.29, 1.82) is 0 Å². The zero-order valence-corrected chi connectivity index (χ0v) is 16.3. The van der Waals surface area contributed by atoms with Crippen molar-refractivity contribution in [3.63, 3.8) is 0 Å². The zero-order chi connectivity index (χ0) is 20.7. The summed E-state index contributed by atoms with van der Waals surface area (Å²) in [5, 5.41) is 6.09. The summed E-state index contributed by atoms with van der Waals surface area (Å²) >= 11 is 0. The molecular formula is C22H26F3N3O. The predicted octanol–water partition coefficient (Wildman–Crippen LogP) is 5.13. The molecule has 0 atom stereocenters. The van der Waals surface area contributed by atoms with Gasteiger partial charge in [-0.2, -0.15) is 13.2 Å². The summed E-state index contributed by atoms with van der Waals surface area (Å²) in [6, 6.07) is 12.4. The van der Waals surface area contributed by atoms with Crippen LogP contribution in [0.25, 0.3) is 0 Å².